The van der Waals surface area contributed by atoms with Gasteiger partial charge >= 0.3 is 5.97 Å². The maximum Gasteiger partial charge on any atom is 0.305 e. The van der Waals surface area contributed by atoms with Crippen LogP contribution in [0.1, 0.15) is 36.9 Å². The van der Waals surface area contributed by atoms with E-state index in [-0.39, 0.29) is 12.0 Å². The van der Waals surface area contributed by atoms with Crippen molar-refractivity contribution in [3.8, 4) is 0 Å². The summed E-state index contributed by atoms with van der Waals surface area (Å²) in [7, 11) is 1.39. The summed E-state index contributed by atoms with van der Waals surface area (Å²) in [4.78, 5) is 11.0. The first kappa shape index (κ1) is 12.7. The first-order chi connectivity index (χ1) is 7.67. The molecular weight excluding hydrogens is 202 g/mol. The first-order valence-electron chi connectivity index (χ1n) is 5.58. The van der Waals surface area contributed by atoms with Gasteiger partial charge < -0.3 is 10.5 Å². The summed E-state index contributed by atoms with van der Waals surface area (Å²) in [6.45, 7) is 2.11. The van der Waals surface area contributed by atoms with Crippen LogP contribution in [0.4, 0.5) is 0 Å². The SMILES string of the molecule is CCc1cccc(C(N)CCC(=O)OC)c1. The van der Waals surface area contributed by atoms with Crippen LogP contribution in [0.5, 0.6) is 0 Å². The summed E-state index contributed by atoms with van der Waals surface area (Å²) in [5.74, 6) is -0.206. The van der Waals surface area contributed by atoms with Crippen molar-refractivity contribution in [2.75, 3.05) is 7.11 Å². The predicted molar refractivity (Wildman–Crippen MR) is 64.0 cm³/mol. The summed E-state index contributed by atoms with van der Waals surface area (Å²) >= 11 is 0. The van der Waals surface area contributed by atoms with Crippen LogP contribution in [0.2, 0.25) is 0 Å². The number of carbonyl (C=O) groups excluding carboxylic acids is 1. The number of hydrogen-bond acceptors (Lipinski definition) is 3. The maximum atomic E-state index is 11.0. The Kier molecular flexibility index (Phi) is 4.99. The van der Waals surface area contributed by atoms with Crippen LogP contribution in [0.3, 0.4) is 0 Å². The lowest BCUT2D eigenvalue weighted by molar-refractivity contribution is -0.140. The van der Waals surface area contributed by atoms with E-state index in [1.54, 1.807) is 0 Å². The zero-order valence-corrected chi connectivity index (χ0v) is 9.90. The number of esters is 1. The van der Waals surface area contributed by atoms with Crippen molar-refractivity contribution < 1.29 is 9.53 Å². The average Bonchev–Trinajstić information content (AvgIpc) is 2.35. The molecular formula is C13H19NO2. The molecule has 1 aromatic carbocycles. The van der Waals surface area contributed by atoms with Crippen molar-refractivity contribution in [2.24, 2.45) is 5.73 Å². The minimum atomic E-state index is -0.206. The van der Waals surface area contributed by atoms with Gasteiger partial charge in [-0.05, 0) is 24.0 Å². The molecule has 0 amide bonds. The standard InChI is InChI=1S/C13H19NO2/c1-3-10-5-4-6-11(9-10)12(14)7-8-13(15)16-2/h4-6,9,12H,3,7-8,14H2,1-2H3. The predicted octanol–water partition coefficient (Wildman–Crippen LogP) is 2.20. The van der Waals surface area contributed by atoms with Gasteiger partial charge in [-0.1, -0.05) is 31.2 Å². The zero-order chi connectivity index (χ0) is 12.0. The van der Waals surface area contributed by atoms with Crippen LogP contribution >= 0.6 is 0 Å². The molecule has 1 unspecified atom stereocenters. The highest BCUT2D eigenvalue weighted by atomic mass is 16.5. The molecule has 88 valence electrons. The fourth-order valence-electron chi connectivity index (χ4n) is 1.59. The number of rotatable bonds is 5. The third kappa shape index (κ3) is 3.66. The number of benzene rings is 1. The van der Waals surface area contributed by atoms with E-state index in [9.17, 15) is 4.79 Å². The molecule has 0 bridgehead atoms. The Balaban J connectivity index is 2.58. The summed E-state index contributed by atoms with van der Waals surface area (Å²) < 4.78 is 4.59. The van der Waals surface area contributed by atoms with Crippen molar-refractivity contribution in [3.63, 3.8) is 0 Å². The molecule has 0 aliphatic heterocycles. The summed E-state index contributed by atoms with van der Waals surface area (Å²) in [6.07, 6.45) is 1.99. The van der Waals surface area contributed by atoms with Gasteiger partial charge in [0.25, 0.3) is 0 Å². The number of ether oxygens (including phenoxy) is 1. The van der Waals surface area contributed by atoms with Crippen molar-refractivity contribution in [1.82, 2.24) is 0 Å². The second-order valence-corrected chi connectivity index (χ2v) is 3.82. The molecule has 0 heterocycles. The lowest BCUT2D eigenvalue weighted by Crippen LogP contribution is -2.13. The van der Waals surface area contributed by atoms with Crippen LogP contribution in [0.15, 0.2) is 24.3 Å². The Labute approximate surface area is 96.6 Å². The normalized spacial score (nSPS) is 12.2. The lowest BCUT2D eigenvalue weighted by atomic mass is 10.00. The maximum absolute atomic E-state index is 11.0. The number of nitrogens with two attached hydrogens (primary N) is 1. The fraction of sp³-hybridized carbons (Fsp3) is 0.462. The van der Waals surface area contributed by atoms with Gasteiger partial charge in [-0.3, -0.25) is 4.79 Å². The topological polar surface area (TPSA) is 52.3 Å². The minimum Gasteiger partial charge on any atom is -0.469 e. The molecule has 2 N–H and O–H groups in total. The van der Waals surface area contributed by atoms with E-state index in [1.165, 1.54) is 12.7 Å². The van der Waals surface area contributed by atoms with E-state index in [0.29, 0.717) is 12.8 Å². The molecule has 16 heavy (non-hydrogen) atoms. The van der Waals surface area contributed by atoms with E-state index in [4.69, 9.17) is 5.73 Å². The Morgan fingerprint density at radius 2 is 2.25 bits per heavy atom. The Morgan fingerprint density at radius 3 is 2.88 bits per heavy atom. The molecule has 1 atom stereocenters. The van der Waals surface area contributed by atoms with Gasteiger partial charge in [0.2, 0.25) is 0 Å². The van der Waals surface area contributed by atoms with Crippen molar-refractivity contribution in [3.05, 3.63) is 35.4 Å². The minimum absolute atomic E-state index is 0.0920. The molecule has 0 aliphatic carbocycles. The second kappa shape index (κ2) is 6.28. The molecule has 0 aliphatic rings. The summed E-state index contributed by atoms with van der Waals surface area (Å²) in [6, 6.07) is 8.09. The highest BCUT2D eigenvalue weighted by Gasteiger charge is 2.09. The number of methoxy groups -OCH3 is 1. The van der Waals surface area contributed by atoms with Gasteiger partial charge in [0, 0.05) is 12.5 Å². The van der Waals surface area contributed by atoms with Crippen LogP contribution in [-0.4, -0.2) is 13.1 Å². The van der Waals surface area contributed by atoms with Crippen molar-refractivity contribution >= 4 is 5.97 Å². The Morgan fingerprint density at radius 1 is 1.50 bits per heavy atom. The van der Waals surface area contributed by atoms with E-state index in [2.05, 4.69) is 23.8 Å². The largest absolute Gasteiger partial charge is 0.469 e. The molecule has 0 radical (unpaired) electrons. The number of carbonyl (C=O) groups is 1. The van der Waals surface area contributed by atoms with Gasteiger partial charge in [-0.25, -0.2) is 0 Å². The third-order valence-corrected chi connectivity index (χ3v) is 2.67. The number of aryl methyl sites for hydroxylation is 1. The van der Waals surface area contributed by atoms with E-state index >= 15 is 0 Å². The van der Waals surface area contributed by atoms with E-state index in [1.807, 2.05) is 12.1 Å². The highest BCUT2D eigenvalue weighted by Crippen LogP contribution is 2.17. The van der Waals surface area contributed by atoms with E-state index in [0.717, 1.165) is 12.0 Å². The van der Waals surface area contributed by atoms with Gasteiger partial charge in [-0.2, -0.15) is 0 Å². The smallest absolute Gasteiger partial charge is 0.305 e. The van der Waals surface area contributed by atoms with E-state index < -0.39 is 0 Å². The Hall–Kier alpha value is -1.35. The fourth-order valence-corrected chi connectivity index (χ4v) is 1.59. The van der Waals surface area contributed by atoms with Crippen LogP contribution in [0, 0.1) is 0 Å². The molecule has 0 fully saturated rings. The van der Waals surface area contributed by atoms with Crippen LogP contribution in [-0.2, 0) is 16.0 Å². The monoisotopic (exact) mass is 221 g/mol. The summed E-state index contributed by atoms with van der Waals surface area (Å²) in [5, 5.41) is 0. The van der Waals surface area contributed by atoms with Gasteiger partial charge in [-0.15, -0.1) is 0 Å². The molecule has 0 aromatic heterocycles. The van der Waals surface area contributed by atoms with Crippen molar-refractivity contribution in [1.29, 1.82) is 0 Å². The molecule has 3 heteroatoms. The second-order valence-electron chi connectivity index (χ2n) is 3.82. The average molecular weight is 221 g/mol. The van der Waals surface area contributed by atoms with Gasteiger partial charge in [0.1, 0.15) is 0 Å². The first-order valence-corrected chi connectivity index (χ1v) is 5.58. The quantitative estimate of drug-likeness (QED) is 0.775. The summed E-state index contributed by atoms with van der Waals surface area (Å²) in [5.41, 5.74) is 8.37. The van der Waals surface area contributed by atoms with Crippen molar-refractivity contribution in [2.45, 2.75) is 32.2 Å². The molecule has 0 saturated carbocycles. The molecule has 1 aromatic rings. The van der Waals surface area contributed by atoms with Gasteiger partial charge in [0.05, 0.1) is 7.11 Å². The van der Waals surface area contributed by atoms with Crippen LogP contribution < -0.4 is 5.73 Å². The van der Waals surface area contributed by atoms with Crippen LogP contribution in [0.25, 0.3) is 0 Å². The molecule has 0 saturated heterocycles. The molecule has 0 spiro atoms. The highest BCUT2D eigenvalue weighted by molar-refractivity contribution is 5.69. The molecule has 1 rings (SSSR count). The zero-order valence-electron chi connectivity index (χ0n) is 9.90. The number of hydrogen-bond donors (Lipinski definition) is 1. The third-order valence-electron chi connectivity index (χ3n) is 2.67. The van der Waals surface area contributed by atoms with Gasteiger partial charge in [0.15, 0.2) is 0 Å². The lowest BCUT2D eigenvalue weighted by Gasteiger charge is -2.12. The Bertz CT molecular complexity index is 350. The molecule has 3 nitrogen and oxygen atoms in total.